The summed E-state index contributed by atoms with van der Waals surface area (Å²) in [6.07, 6.45) is 4.78. The lowest BCUT2D eigenvalue weighted by molar-refractivity contribution is -0.132. The van der Waals surface area contributed by atoms with Gasteiger partial charge in [-0.15, -0.1) is 0 Å². The molecule has 1 aromatic heterocycles. The average molecular weight is 368 g/mol. The van der Waals surface area contributed by atoms with Gasteiger partial charge in [0.15, 0.2) is 5.96 Å². The van der Waals surface area contributed by atoms with E-state index in [4.69, 9.17) is 4.42 Å². The lowest BCUT2D eigenvalue weighted by Gasteiger charge is -2.29. The van der Waals surface area contributed by atoms with E-state index >= 15 is 0 Å². The van der Waals surface area contributed by atoms with Crippen molar-refractivity contribution in [2.45, 2.75) is 32.2 Å². The fourth-order valence-electron chi connectivity index (χ4n) is 3.29. The van der Waals surface area contributed by atoms with E-state index < -0.39 is 0 Å². The van der Waals surface area contributed by atoms with Crippen molar-refractivity contribution in [3.63, 3.8) is 0 Å². The number of carbonyl (C=O) groups excluding carboxylic acids is 1. The maximum Gasteiger partial charge on any atom is 0.222 e. The SMILES string of the molecule is CN=C(NCCCC(=O)N1CCc2ccccc2C1)NCCc1ccco1. The van der Waals surface area contributed by atoms with Crippen LogP contribution < -0.4 is 10.6 Å². The highest BCUT2D eigenvalue weighted by molar-refractivity contribution is 5.80. The van der Waals surface area contributed by atoms with E-state index in [-0.39, 0.29) is 5.91 Å². The molecule has 1 amide bonds. The van der Waals surface area contributed by atoms with E-state index in [1.807, 2.05) is 23.1 Å². The van der Waals surface area contributed by atoms with Gasteiger partial charge in [0.05, 0.1) is 6.26 Å². The third-order valence-electron chi connectivity index (χ3n) is 4.81. The molecule has 0 saturated carbocycles. The van der Waals surface area contributed by atoms with Crippen LogP contribution in [0.3, 0.4) is 0 Å². The second kappa shape index (κ2) is 9.80. The summed E-state index contributed by atoms with van der Waals surface area (Å²) in [6.45, 7) is 3.02. The van der Waals surface area contributed by atoms with Gasteiger partial charge in [-0.25, -0.2) is 0 Å². The molecule has 1 aromatic carbocycles. The first-order valence-corrected chi connectivity index (χ1v) is 9.57. The Morgan fingerprint density at radius 2 is 1.96 bits per heavy atom. The minimum Gasteiger partial charge on any atom is -0.469 e. The molecule has 0 bridgehead atoms. The molecule has 1 aliphatic heterocycles. The molecule has 1 aliphatic rings. The van der Waals surface area contributed by atoms with Crippen LogP contribution in [0.1, 0.15) is 29.7 Å². The summed E-state index contributed by atoms with van der Waals surface area (Å²) in [5.74, 6) is 1.93. The number of nitrogens with one attached hydrogen (secondary N) is 2. The standard InChI is InChI=1S/C21H28N4O2/c1-22-21(24-13-10-19-8-5-15-27-19)23-12-4-9-20(26)25-14-11-17-6-2-3-7-18(17)16-25/h2-3,5-8,15H,4,9-14,16H2,1H3,(H2,22,23,24). The minimum atomic E-state index is 0.229. The number of benzene rings is 1. The highest BCUT2D eigenvalue weighted by Gasteiger charge is 2.19. The Bertz CT molecular complexity index is 755. The van der Waals surface area contributed by atoms with E-state index in [1.54, 1.807) is 13.3 Å². The summed E-state index contributed by atoms with van der Waals surface area (Å²) in [5, 5.41) is 6.51. The molecule has 27 heavy (non-hydrogen) atoms. The maximum atomic E-state index is 12.5. The summed E-state index contributed by atoms with van der Waals surface area (Å²) < 4.78 is 5.31. The summed E-state index contributed by atoms with van der Waals surface area (Å²) in [5.41, 5.74) is 2.64. The Morgan fingerprint density at radius 1 is 1.15 bits per heavy atom. The third kappa shape index (κ3) is 5.61. The molecule has 6 heteroatoms. The van der Waals surface area contributed by atoms with Gasteiger partial charge in [0.1, 0.15) is 5.76 Å². The number of aliphatic imine (C=N–C) groups is 1. The highest BCUT2D eigenvalue weighted by atomic mass is 16.3. The molecule has 6 nitrogen and oxygen atoms in total. The molecule has 144 valence electrons. The molecule has 2 aromatic rings. The molecule has 0 atom stereocenters. The fourth-order valence-corrected chi connectivity index (χ4v) is 3.29. The molecule has 0 spiro atoms. The van der Waals surface area contributed by atoms with Crippen molar-refractivity contribution < 1.29 is 9.21 Å². The molecule has 0 unspecified atom stereocenters. The Balaban J connectivity index is 1.32. The number of hydrogen-bond acceptors (Lipinski definition) is 3. The zero-order valence-electron chi connectivity index (χ0n) is 15.9. The molecular formula is C21H28N4O2. The third-order valence-corrected chi connectivity index (χ3v) is 4.81. The van der Waals surface area contributed by atoms with Crippen molar-refractivity contribution in [2.24, 2.45) is 4.99 Å². The summed E-state index contributed by atoms with van der Waals surface area (Å²) in [6, 6.07) is 12.2. The highest BCUT2D eigenvalue weighted by Crippen LogP contribution is 2.19. The van der Waals surface area contributed by atoms with Gasteiger partial charge in [-0.3, -0.25) is 9.79 Å². The molecule has 3 rings (SSSR count). The van der Waals surface area contributed by atoms with Crippen LogP contribution in [0, 0.1) is 0 Å². The van der Waals surface area contributed by atoms with Crippen molar-refractivity contribution in [2.75, 3.05) is 26.7 Å². The Labute approximate surface area is 160 Å². The lowest BCUT2D eigenvalue weighted by atomic mass is 9.99. The van der Waals surface area contributed by atoms with Crippen molar-refractivity contribution in [3.05, 3.63) is 59.5 Å². The summed E-state index contributed by atoms with van der Waals surface area (Å²) >= 11 is 0. The van der Waals surface area contributed by atoms with Crippen molar-refractivity contribution in [3.8, 4) is 0 Å². The van der Waals surface area contributed by atoms with E-state index in [2.05, 4.69) is 33.8 Å². The van der Waals surface area contributed by atoms with Crippen LogP contribution in [0.15, 0.2) is 52.1 Å². The normalized spacial score (nSPS) is 14.0. The summed E-state index contributed by atoms with van der Waals surface area (Å²) in [7, 11) is 1.75. The fraction of sp³-hybridized carbons (Fsp3) is 0.429. The van der Waals surface area contributed by atoms with Crippen LogP contribution in [-0.4, -0.2) is 43.4 Å². The number of nitrogens with zero attached hydrogens (tertiary/aromatic N) is 2. The predicted octanol–water partition coefficient (Wildman–Crippen LogP) is 2.35. The topological polar surface area (TPSA) is 69.9 Å². The van der Waals surface area contributed by atoms with E-state index in [1.165, 1.54) is 11.1 Å². The Hall–Kier alpha value is -2.76. The van der Waals surface area contributed by atoms with Crippen molar-refractivity contribution in [1.82, 2.24) is 15.5 Å². The molecule has 0 fully saturated rings. The molecule has 2 heterocycles. The molecule has 0 saturated heterocycles. The molecular weight excluding hydrogens is 340 g/mol. The second-order valence-corrected chi connectivity index (χ2v) is 6.69. The molecule has 0 radical (unpaired) electrons. The van der Waals surface area contributed by atoms with Gasteiger partial charge in [-0.1, -0.05) is 24.3 Å². The van der Waals surface area contributed by atoms with Crippen molar-refractivity contribution >= 4 is 11.9 Å². The Kier molecular flexibility index (Phi) is 6.90. The number of hydrogen-bond donors (Lipinski definition) is 2. The van der Waals surface area contributed by atoms with Gasteiger partial charge in [-0.05, 0) is 36.1 Å². The first kappa shape index (κ1) is 19.0. The van der Waals surface area contributed by atoms with Crippen LogP contribution in [0.4, 0.5) is 0 Å². The van der Waals surface area contributed by atoms with Crippen LogP contribution >= 0.6 is 0 Å². The lowest BCUT2D eigenvalue weighted by Crippen LogP contribution is -2.39. The Morgan fingerprint density at radius 3 is 2.74 bits per heavy atom. The van der Waals surface area contributed by atoms with Crippen LogP contribution in [0.25, 0.3) is 0 Å². The zero-order chi connectivity index (χ0) is 18.9. The average Bonchev–Trinajstić information content (AvgIpc) is 3.22. The van der Waals surface area contributed by atoms with Crippen LogP contribution in [0.2, 0.25) is 0 Å². The van der Waals surface area contributed by atoms with E-state index in [9.17, 15) is 4.79 Å². The summed E-state index contributed by atoms with van der Waals surface area (Å²) in [4.78, 5) is 18.6. The number of guanidine groups is 1. The quantitative estimate of drug-likeness (QED) is 0.447. The van der Waals surface area contributed by atoms with Gasteiger partial charge in [0.2, 0.25) is 5.91 Å². The zero-order valence-corrected chi connectivity index (χ0v) is 15.9. The first-order valence-electron chi connectivity index (χ1n) is 9.57. The first-order chi connectivity index (χ1) is 13.3. The predicted molar refractivity (Wildman–Crippen MR) is 107 cm³/mol. The van der Waals surface area contributed by atoms with E-state index in [0.29, 0.717) is 6.42 Å². The maximum absolute atomic E-state index is 12.5. The van der Waals surface area contributed by atoms with Gasteiger partial charge < -0.3 is 20.0 Å². The van der Waals surface area contributed by atoms with Gasteiger partial charge in [0, 0.05) is 46.1 Å². The van der Waals surface area contributed by atoms with Gasteiger partial charge in [-0.2, -0.15) is 0 Å². The number of furan rings is 1. The van der Waals surface area contributed by atoms with Gasteiger partial charge >= 0.3 is 0 Å². The smallest absolute Gasteiger partial charge is 0.222 e. The second-order valence-electron chi connectivity index (χ2n) is 6.69. The largest absolute Gasteiger partial charge is 0.469 e. The number of amides is 1. The number of fused-ring (bicyclic) bond motifs is 1. The molecule has 0 aliphatic carbocycles. The number of rotatable bonds is 7. The van der Waals surface area contributed by atoms with Gasteiger partial charge in [0.25, 0.3) is 0 Å². The minimum absolute atomic E-state index is 0.229. The number of carbonyl (C=O) groups is 1. The molecule has 2 N–H and O–H groups in total. The monoisotopic (exact) mass is 368 g/mol. The van der Waals surface area contributed by atoms with E-state index in [0.717, 1.165) is 57.2 Å². The van der Waals surface area contributed by atoms with Crippen LogP contribution in [0.5, 0.6) is 0 Å². The van der Waals surface area contributed by atoms with Crippen LogP contribution in [-0.2, 0) is 24.2 Å². The van der Waals surface area contributed by atoms with Crippen molar-refractivity contribution in [1.29, 1.82) is 0 Å².